The van der Waals surface area contributed by atoms with E-state index in [1.807, 2.05) is 0 Å². The fourth-order valence-electron chi connectivity index (χ4n) is 2.78. The zero-order valence-corrected chi connectivity index (χ0v) is 9.79. The normalized spacial score (nSPS) is 33.1. The molecular weight excluding hydrogens is 172 g/mol. The SMILES string of the molecule is C[Si](C)(C1C=CCC1)C1C=CCC1. The van der Waals surface area contributed by atoms with Crippen LogP contribution in [0.2, 0.25) is 24.2 Å². The molecule has 0 radical (unpaired) electrons. The van der Waals surface area contributed by atoms with E-state index in [1.165, 1.54) is 25.7 Å². The van der Waals surface area contributed by atoms with Crippen LogP contribution in [0.15, 0.2) is 24.3 Å². The van der Waals surface area contributed by atoms with Crippen molar-refractivity contribution < 1.29 is 0 Å². The van der Waals surface area contributed by atoms with Crippen LogP contribution in [0.5, 0.6) is 0 Å². The van der Waals surface area contributed by atoms with Crippen LogP contribution in [0, 0.1) is 0 Å². The summed E-state index contributed by atoms with van der Waals surface area (Å²) in [7, 11) is -1.01. The van der Waals surface area contributed by atoms with E-state index >= 15 is 0 Å². The third-order valence-electron chi connectivity index (χ3n) is 3.94. The Balaban J connectivity index is 2.09. The Bertz CT molecular complexity index is 214. The molecular formula is C12H20Si. The van der Waals surface area contributed by atoms with Gasteiger partial charge in [-0.05, 0) is 36.8 Å². The average Bonchev–Trinajstić information content (AvgIpc) is 2.78. The molecule has 0 aliphatic heterocycles. The first-order valence-corrected chi connectivity index (χ1v) is 8.70. The predicted molar refractivity (Wildman–Crippen MR) is 61.7 cm³/mol. The second kappa shape index (κ2) is 3.45. The van der Waals surface area contributed by atoms with Crippen LogP contribution in [0.4, 0.5) is 0 Å². The minimum Gasteiger partial charge on any atom is -0.0885 e. The van der Waals surface area contributed by atoms with Crippen LogP contribution in [0.25, 0.3) is 0 Å². The van der Waals surface area contributed by atoms with Crippen molar-refractivity contribution in [3.63, 3.8) is 0 Å². The molecule has 0 aromatic rings. The van der Waals surface area contributed by atoms with Crippen molar-refractivity contribution in [3.8, 4) is 0 Å². The Morgan fingerprint density at radius 1 is 0.923 bits per heavy atom. The molecule has 0 saturated heterocycles. The highest BCUT2D eigenvalue weighted by molar-refractivity contribution is 6.81. The molecule has 0 fully saturated rings. The largest absolute Gasteiger partial charge is 0.0885 e. The van der Waals surface area contributed by atoms with E-state index in [0.29, 0.717) is 0 Å². The van der Waals surface area contributed by atoms with Gasteiger partial charge in [0, 0.05) is 0 Å². The van der Waals surface area contributed by atoms with Crippen LogP contribution in [0.3, 0.4) is 0 Å². The van der Waals surface area contributed by atoms with Crippen LogP contribution in [-0.4, -0.2) is 8.07 Å². The molecule has 0 N–H and O–H groups in total. The molecule has 2 unspecified atom stereocenters. The van der Waals surface area contributed by atoms with Crippen LogP contribution >= 0.6 is 0 Å². The highest BCUT2D eigenvalue weighted by atomic mass is 28.3. The number of hydrogen-bond donors (Lipinski definition) is 0. The maximum atomic E-state index is 2.58. The molecule has 0 heterocycles. The molecule has 72 valence electrons. The van der Waals surface area contributed by atoms with Crippen molar-refractivity contribution in [3.05, 3.63) is 24.3 Å². The van der Waals surface area contributed by atoms with E-state index in [0.717, 1.165) is 11.1 Å². The van der Waals surface area contributed by atoms with Gasteiger partial charge in [0.05, 0.1) is 8.07 Å². The lowest BCUT2D eigenvalue weighted by Crippen LogP contribution is -2.35. The molecule has 0 bridgehead atoms. The second-order valence-electron chi connectivity index (χ2n) is 5.05. The maximum absolute atomic E-state index is 2.58. The molecule has 2 aliphatic rings. The fourth-order valence-corrected chi connectivity index (χ4v) is 6.42. The Labute approximate surface area is 82.7 Å². The third kappa shape index (κ3) is 1.67. The van der Waals surface area contributed by atoms with E-state index in [9.17, 15) is 0 Å². The molecule has 0 nitrogen and oxygen atoms in total. The standard InChI is InChI=1S/C12H20Si/c1-13(2,11-7-3-4-8-11)12-9-5-6-10-12/h3,5,7,9,11-12H,4,6,8,10H2,1-2H3. The molecule has 2 atom stereocenters. The van der Waals surface area contributed by atoms with Gasteiger partial charge >= 0.3 is 0 Å². The van der Waals surface area contributed by atoms with Crippen molar-refractivity contribution >= 4 is 8.07 Å². The van der Waals surface area contributed by atoms with Crippen LogP contribution in [0.1, 0.15) is 25.7 Å². The zero-order chi connectivity index (χ0) is 9.31. The fraction of sp³-hybridized carbons (Fsp3) is 0.667. The highest BCUT2D eigenvalue weighted by Crippen LogP contribution is 2.44. The molecule has 0 saturated carbocycles. The van der Waals surface area contributed by atoms with Gasteiger partial charge in [0.25, 0.3) is 0 Å². The van der Waals surface area contributed by atoms with E-state index in [2.05, 4.69) is 37.4 Å². The summed E-state index contributed by atoms with van der Waals surface area (Å²) in [5, 5.41) is 0. The van der Waals surface area contributed by atoms with Crippen LogP contribution in [-0.2, 0) is 0 Å². The molecule has 2 aliphatic carbocycles. The summed E-state index contributed by atoms with van der Waals surface area (Å²) in [5.41, 5.74) is 1.92. The van der Waals surface area contributed by atoms with Crippen molar-refractivity contribution in [2.75, 3.05) is 0 Å². The van der Waals surface area contributed by atoms with Gasteiger partial charge in [-0.3, -0.25) is 0 Å². The topological polar surface area (TPSA) is 0 Å². The van der Waals surface area contributed by atoms with Crippen molar-refractivity contribution in [2.24, 2.45) is 0 Å². The lowest BCUT2D eigenvalue weighted by molar-refractivity contribution is 0.826. The number of hydrogen-bond acceptors (Lipinski definition) is 0. The summed E-state index contributed by atoms with van der Waals surface area (Å²) in [4.78, 5) is 0. The minimum atomic E-state index is -1.01. The van der Waals surface area contributed by atoms with Gasteiger partial charge < -0.3 is 0 Å². The van der Waals surface area contributed by atoms with Gasteiger partial charge in [-0.15, -0.1) is 0 Å². The Hall–Kier alpha value is -0.303. The highest BCUT2D eigenvalue weighted by Gasteiger charge is 2.37. The smallest absolute Gasteiger partial charge is 0.0612 e. The van der Waals surface area contributed by atoms with Crippen molar-refractivity contribution in [1.29, 1.82) is 0 Å². The minimum absolute atomic E-state index is 0.959. The van der Waals surface area contributed by atoms with Gasteiger partial charge in [0.2, 0.25) is 0 Å². The first-order valence-electron chi connectivity index (χ1n) is 5.54. The number of rotatable bonds is 2. The Morgan fingerprint density at radius 3 is 1.69 bits per heavy atom. The Morgan fingerprint density at radius 2 is 1.38 bits per heavy atom. The molecule has 0 spiro atoms. The molecule has 0 amide bonds. The third-order valence-corrected chi connectivity index (χ3v) is 8.72. The van der Waals surface area contributed by atoms with E-state index in [4.69, 9.17) is 0 Å². The molecule has 0 aromatic carbocycles. The zero-order valence-electron chi connectivity index (χ0n) is 8.79. The second-order valence-corrected chi connectivity index (χ2v) is 10.2. The van der Waals surface area contributed by atoms with Gasteiger partial charge in [0.1, 0.15) is 0 Å². The lowest BCUT2D eigenvalue weighted by Gasteiger charge is -2.33. The average molecular weight is 192 g/mol. The molecule has 13 heavy (non-hydrogen) atoms. The maximum Gasteiger partial charge on any atom is 0.0612 e. The summed E-state index contributed by atoms with van der Waals surface area (Å²) >= 11 is 0. The lowest BCUT2D eigenvalue weighted by atomic mass is 10.3. The summed E-state index contributed by atoms with van der Waals surface area (Å²) in [6.07, 6.45) is 15.3. The van der Waals surface area contributed by atoms with Gasteiger partial charge in [0.15, 0.2) is 0 Å². The Kier molecular flexibility index (Phi) is 2.46. The summed E-state index contributed by atoms with van der Waals surface area (Å²) in [5.74, 6) is 0. The van der Waals surface area contributed by atoms with Gasteiger partial charge in [-0.2, -0.15) is 0 Å². The molecule has 1 heteroatoms. The quantitative estimate of drug-likeness (QED) is 0.456. The van der Waals surface area contributed by atoms with Gasteiger partial charge in [-0.1, -0.05) is 37.4 Å². The molecule has 2 rings (SSSR count). The van der Waals surface area contributed by atoms with Crippen molar-refractivity contribution in [2.45, 2.75) is 49.9 Å². The predicted octanol–water partition coefficient (Wildman–Crippen LogP) is 4.14. The summed E-state index contributed by atoms with van der Waals surface area (Å²) in [6.45, 7) is 5.15. The van der Waals surface area contributed by atoms with E-state index in [-0.39, 0.29) is 0 Å². The van der Waals surface area contributed by atoms with E-state index < -0.39 is 8.07 Å². The van der Waals surface area contributed by atoms with Crippen molar-refractivity contribution in [1.82, 2.24) is 0 Å². The summed E-state index contributed by atoms with van der Waals surface area (Å²) in [6, 6.07) is 0. The molecule has 0 aromatic heterocycles. The van der Waals surface area contributed by atoms with Gasteiger partial charge in [-0.25, -0.2) is 0 Å². The first kappa shape index (κ1) is 9.26. The first-order chi connectivity index (χ1) is 6.21. The number of allylic oxidation sites excluding steroid dienone is 4. The van der Waals surface area contributed by atoms with Crippen LogP contribution < -0.4 is 0 Å². The summed E-state index contributed by atoms with van der Waals surface area (Å²) < 4.78 is 0. The monoisotopic (exact) mass is 192 g/mol. The van der Waals surface area contributed by atoms with E-state index in [1.54, 1.807) is 0 Å².